The topological polar surface area (TPSA) is 64.3 Å². The number of likely N-dealkylation sites (tertiary alicyclic amines) is 1. The van der Waals surface area contributed by atoms with Crippen LogP contribution in [-0.2, 0) is 11.3 Å². The average molecular weight is 262 g/mol. The van der Waals surface area contributed by atoms with Crippen molar-refractivity contribution in [1.29, 1.82) is 5.26 Å². The highest BCUT2D eigenvalue weighted by Crippen LogP contribution is 2.23. The lowest BCUT2D eigenvalue weighted by Crippen LogP contribution is -2.31. The van der Waals surface area contributed by atoms with Crippen LogP contribution >= 0.6 is 0 Å². The van der Waals surface area contributed by atoms with Crippen LogP contribution in [0.2, 0.25) is 0 Å². The Kier molecular flexibility index (Phi) is 4.13. The minimum atomic E-state index is -0.830. The quantitative estimate of drug-likeness (QED) is 0.902. The van der Waals surface area contributed by atoms with Crippen molar-refractivity contribution in [3.8, 4) is 6.07 Å². The zero-order valence-corrected chi connectivity index (χ0v) is 10.5. The number of carbonyl (C=O) groups is 1. The molecule has 100 valence electrons. The van der Waals surface area contributed by atoms with Crippen molar-refractivity contribution in [1.82, 2.24) is 4.90 Å². The van der Waals surface area contributed by atoms with Gasteiger partial charge in [-0.3, -0.25) is 9.69 Å². The molecule has 0 aromatic heterocycles. The van der Waals surface area contributed by atoms with Gasteiger partial charge in [-0.05, 0) is 37.6 Å². The van der Waals surface area contributed by atoms with E-state index in [9.17, 15) is 9.18 Å². The summed E-state index contributed by atoms with van der Waals surface area (Å²) < 4.78 is 13.7. The van der Waals surface area contributed by atoms with Gasteiger partial charge < -0.3 is 5.11 Å². The molecule has 1 aromatic carbocycles. The third-order valence-electron chi connectivity index (χ3n) is 3.46. The van der Waals surface area contributed by atoms with Crippen molar-refractivity contribution in [3.63, 3.8) is 0 Å². The monoisotopic (exact) mass is 262 g/mol. The second-order valence-corrected chi connectivity index (χ2v) is 4.78. The van der Waals surface area contributed by atoms with Gasteiger partial charge in [0.15, 0.2) is 0 Å². The summed E-state index contributed by atoms with van der Waals surface area (Å²) in [6, 6.07) is 6.21. The highest BCUT2D eigenvalue weighted by atomic mass is 19.1. The molecule has 0 amide bonds. The van der Waals surface area contributed by atoms with Crippen molar-refractivity contribution in [3.05, 3.63) is 35.1 Å². The number of carboxylic acids is 1. The Morgan fingerprint density at radius 2 is 2.37 bits per heavy atom. The molecule has 5 heteroatoms. The first-order valence-electron chi connectivity index (χ1n) is 6.24. The summed E-state index contributed by atoms with van der Waals surface area (Å²) in [5, 5.41) is 17.7. The van der Waals surface area contributed by atoms with Crippen LogP contribution in [0.15, 0.2) is 18.2 Å². The van der Waals surface area contributed by atoms with Crippen LogP contribution < -0.4 is 0 Å². The van der Waals surface area contributed by atoms with Gasteiger partial charge in [0, 0.05) is 18.2 Å². The fourth-order valence-corrected chi connectivity index (χ4v) is 2.52. The number of carboxylic acid groups (broad SMARTS) is 1. The minimum Gasteiger partial charge on any atom is -0.481 e. The van der Waals surface area contributed by atoms with Crippen LogP contribution in [0.25, 0.3) is 0 Å². The van der Waals surface area contributed by atoms with Crippen molar-refractivity contribution in [2.75, 3.05) is 6.54 Å². The second-order valence-electron chi connectivity index (χ2n) is 4.78. The Morgan fingerprint density at radius 3 is 3.05 bits per heavy atom. The highest BCUT2D eigenvalue weighted by Gasteiger charge is 2.27. The SMILES string of the molecule is N#Cc1ccc(F)c(CN2CCCC2CC(=O)O)c1. The van der Waals surface area contributed by atoms with Crippen molar-refractivity contribution >= 4 is 5.97 Å². The van der Waals surface area contributed by atoms with Gasteiger partial charge in [-0.25, -0.2) is 4.39 Å². The third kappa shape index (κ3) is 3.30. The molecule has 1 aliphatic heterocycles. The molecule has 0 radical (unpaired) electrons. The summed E-state index contributed by atoms with van der Waals surface area (Å²) in [6.45, 7) is 1.13. The van der Waals surface area contributed by atoms with Crippen molar-refractivity contribution in [2.24, 2.45) is 0 Å². The molecule has 1 atom stereocenters. The van der Waals surface area contributed by atoms with Crippen LogP contribution in [0, 0.1) is 17.1 Å². The number of nitriles is 1. The maximum atomic E-state index is 13.7. The number of benzene rings is 1. The van der Waals surface area contributed by atoms with Crippen molar-refractivity contribution in [2.45, 2.75) is 31.8 Å². The smallest absolute Gasteiger partial charge is 0.304 e. The molecule has 0 saturated carbocycles. The Labute approximate surface area is 111 Å². The van der Waals surface area contributed by atoms with Gasteiger partial charge in [0.05, 0.1) is 18.1 Å². The molecular formula is C14H15FN2O2. The van der Waals surface area contributed by atoms with E-state index in [1.54, 1.807) is 0 Å². The van der Waals surface area contributed by atoms with E-state index in [1.165, 1.54) is 18.2 Å². The maximum absolute atomic E-state index is 13.7. The molecular weight excluding hydrogens is 247 g/mol. The molecule has 0 spiro atoms. The molecule has 2 rings (SSSR count). The van der Waals surface area contributed by atoms with Crippen molar-refractivity contribution < 1.29 is 14.3 Å². The summed E-state index contributed by atoms with van der Waals surface area (Å²) in [5.41, 5.74) is 0.877. The van der Waals surface area contributed by atoms with E-state index in [1.807, 2.05) is 11.0 Å². The molecule has 4 nitrogen and oxygen atoms in total. The zero-order chi connectivity index (χ0) is 13.8. The van der Waals surface area contributed by atoms with Crippen LogP contribution in [-0.4, -0.2) is 28.6 Å². The molecule has 1 saturated heterocycles. The standard InChI is InChI=1S/C14H15FN2O2/c15-13-4-3-10(8-16)6-11(13)9-17-5-1-2-12(17)7-14(18)19/h3-4,6,12H,1-2,5,7,9H2,(H,18,19). The minimum absolute atomic E-state index is 0.0392. The van der Waals surface area contributed by atoms with Gasteiger partial charge in [-0.15, -0.1) is 0 Å². The molecule has 1 aromatic rings. The van der Waals surface area contributed by atoms with E-state index >= 15 is 0 Å². The number of halogens is 1. The fourth-order valence-electron chi connectivity index (χ4n) is 2.52. The Morgan fingerprint density at radius 1 is 1.58 bits per heavy atom. The molecule has 1 N–H and O–H groups in total. The third-order valence-corrected chi connectivity index (χ3v) is 3.46. The molecule has 1 aliphatic rings. The van der Waals surface area contributed by atoms with Gasteiger partial charge in [-0.2, -0.15) is 5.26 Å². The molecule has 1 fully saturated rings. The summed E-state index contributed by atoms with van der Waals surface area (Å²) >= 11 is 0. The van der Waals surface area contributed by atoms with E-state index in [0.717, 1.165) is 19.4 Å². The Bertz CT molecular complexity index is 525. The first kappa shape index (κ1) is 13.5. The highest BCUT2D eigenvalue weighted by molar-refractivity contribution is 5.67. The van der Waals surface area contributed by atoms with E-state index < -0.39 is 5.97 Å². The largest absolute Gasteiger partial charge is 0.481 e. The number of rotatable bonds is 4. The first-order valence-corrected chi connectivity index (χ1v) is 6.24. The van der Waals surface area contributed by atoms with Gasteiger partial charge in [-0.1, -0.05) is 0 Å². The number of hydrogen-bond acceptors (Lipinski definition) is 3. The van der Waals surface area contributed by atoms with Crippen LogP contribution in [0.1, 0.15) is 30.4 Å². The fraction of sp³-hybridized carbons (Fsp3) is 0.429. The second kappa shape index (κ2) is 5.81. The zero-order valence-electron chi connectivity index (χ0n) is 10.5. The van der Waals surface area contributed by atoms with E-state index in [4.69, 9.17) is 10.4 Å². The molecule has 0 bridgehead atoms. The molecule has 1 unspecified atom stereocenters. The van der Waals surface area contributed by atoms with E-state index in [0.29, 0.717) is 17.7 Å². The number of nitrogens with zero attached hydrogens (tertiary/aromatic N) is 2. The van der Waals surface area contributed by atoms with Gasteiger partial charge in [0.1, 0.15) is 5.82 Å². The van der Waals surface area contributed by atoms with Crippen LogP contribution in [0.3, 0.4) is 0 Å². The normalized spacial score (nSPS) is 19.3. The van der Waals surface area contributed by atoms with Crippen LogP contribution in [0.4, 0.5) is 4.39 Å². The van der Waals surface area contributed by atoms with Gasteiger partial charge >= 0.3 is 5.97 Å². The average Bonchev–Trinajstić information content (AvgIpc) is 2.78. The lowest BCUT2D eigenvalue weighted by atomic mass is 10.1. The lowest BCUT2D eigenvalue weighted by Gasteiger charge is -2.23. The summed E-state index contributed by atoms with van der Waals surface area (Å²) in [4.78, 5) is 12.8. The summed E-state index contributed by atoms with van der Waals surface area (Å²) in [6.07, 6.45) is 1.84. The van der Waals surface area contributed by atoms with Crippen LogP contribution in [0.5, 0.6) is 0 Å². The summed E-state index contributed by atoms with van der Waals surface area (Å²) in [5.74, 6) is -1.18. The van der Waals surface area contributed by atoms with E-state index in [2.05, 4.69) is 0 Å². The predicted molar refractivity (Wildman–Crippen MR) is 66.8 cm³/mol. The molecule has 1 heterocycles. The molecule has 19 heavy (non-hydrogen) atoms. The Hall–Kier alpha value is -1.93. The maximum Gasteiger partial charge on any atom is 0.304 e. The lowest BCUT2D eigenvalue weighted by molar-refractivity contribution is -0.138. The molecule has 0 aliphatic carbocycles. The first-order chi connectivity index (χ1) is 9.10. The summed E-state index contributed by atoms with van der Waals surface area (Å²) in [7, 11) is 0. The van der Waals surface area contributed by atoms with E-state index in [-0.39, 0.29) is 18.3 Å². The van der Waals surface area contributed by atoms with Gasteiger partial charge in [0.2, 0.25) is 0 Å². The number of hydrogen-bond donors (Lipinski definition) is 1. The predicted octanol–water partition coefficient (Wildman–Crippen LogP) is 2.14. The van der Waals surface area contributed by atoms with Gasteiger partial charge in [0.25, 0.3) is 0 Å². The Balaban J connectivity index is 2.12. The number of aliphatic carboxylic acids is 1.